The highest BCUT2D eigenvalue weighted by Crippen LogP contribution is 2.30. The van der Waals surface area contributed by atoms with E-state index < -0.39 is 9.84 Å². The average molecular weight is 229 g/mol. The second-order valence-corrected chi connectivity index (χ2v) is 5.19. The van der Waals surface area contributed by atoms with E-state index in [9.17, 15) is 8.42 Å². The van der Waals surface area contributed by atoms with E-state index in [1.54, 1.807) is 0 Å². The Morgan fingerprint density at radius 1 is 1.47 bits per heavy atom. The molecule has 0 unspecified atom stereocenters. The number of sulfone groups is 1. The highest BCUT2D eigenvalue weighted by atomic mass is 32.2. The topological polar surface area (TPSA) is 81.2 Å². The molecular formula is C8H11N3O3S. The van der Waals surface area contributed by atoms with E-state index in [0.29, 0.717) is 18.7 Å². The Balaban J connectivity index is 2.65. The molecule has 0 fully saturated rings. The summed E-state index contributed by atoms with van der Waals surface area (Å²) in [4.78, 5) is 7.66. The molecule has 1 aromatic rings. The van der Waals surface area contributed by atoms with Crippen molar-refractivity contribution in [1.29, 1.82) is 0 Å². The third-order valence-electron chi connectivity index (χ3n) is 2.16. The molecule has 0 aromatic carbocycles. The quantitative estimate of drug-likeness (QED) is 0.686. The lowest BCUT2D eigenvalue weighted by molar-refractivity contribution is 0.397. The maximum absolute atomic E-state index is 11.8. The van der Waals surface area contributed by atoms with Crippen LogP contribution in [0.4, 0.5) is 5.69 Å². The van der Waals surface area contributed by atoms with Crippen LogP contribution in [-0.2, 0) is 9.84 Å². The summed E-state index contributed by atoms with van der Waals surface area (Å²) in [5.41, 5.74) is 0.373. The predicted octanol–water partition coefficient (Wildman–Crippen LogP) is 0.0745. The standard InChI is InChI=1S/C8H11N3O3S/c1-14-7-6-8(11-5-10-7)15(12,13)4-2-3-9-6/h5,9H,2-4H2,1H3. The molecule has 2 rings (SSSR count). The molecular weight excluding hydrogens is 218 g/mol. The van der Waals surface area contributed by atoms with Gasteiger partial charge in [0.1, 0.15) is 12.0 Å². The fourth-order valence-electron chi connectivity index (χ4n) is 1.47. The number of anilines is 1. The fourth-order valence-corrected chi connectivity index (χ4v) is 2.86. The van der Waals surface area contributed by atoms with E-state index in [2.05, 4.69) is 15.3 Å². The molecule has 1 N–H and O–H groups in total. The van der Waals surface area contributed by atoms with Crippen molar-refractivity contribution in [2.75, 3.05) is 24.7 Å². The van der Waals surface area contributed by atoms with Gasteiger partial charge in [-0.3, -0.25) is 0 Å². The van der Waals surface area contributed by atoms with Gasteiger partial charge >= 0.3 is 0 Å². The van der Waals surface area contributed by atoms with Crippen molar-refractivity contribution in [3.8, 4) is 5.88 Å². The summed E-state index contributed by atoms with van der Waals surface area (Å²) in [5.74, 6) is 0.373. The lowest BCUT2D eigenvalue weighted by atomic mass is 10.4. The largest absolute Gasteiger partial charge is 0.479 e. The first-order valence-corrected chi connectivity index (χ1v) is 6.16. The van der Waals surface area contributed by atoms with Crippen molar-refractivity contribution in [1.82, 2.24) is 9.97 Å². The highest BCUT2D eigenvalue weighted by Gasteiger charge is 2.26. The number of methoxy groups -OCH3 is 1. The molecule has 1 aliphatic rings. The monoisotopic (exact) mass is 229 g/mol. The van der Waals surface area contributed by atoms with Crippen molar-refractivity contribution in [3.63, 3.8) is 0 Å². The number of fused-ring (bicyclic) bond motifs is 1. The fraction of sp³-hybridized carbons (Fsp3) is 0.500. The zero-order valence-corrected chi connectivity index (χ0v) is 9.04. The molecule has 2 heterocycles. The number of hydrogen-bond donors (Lipinski definition) is 1. The summed E-state index contributed by atoms with van der Waals surface area (Å²) in [7, 11) is -1.86. The van der Waals surface area contributed by atoms with Crippen molar-refractivity contribution < 1.29 is 13.2 Å². The molecule has 0 radical (unpaired) electrons. The van der Waals surface area contributed by atoms with Gasteiger partial charge < -0.3 is 10.1 Å². The van der Waals surface area contributed by atoms with Gasteiger partial charge in [-0.25, -0.2) is 13.4 Å². The minimum atomic E-state index is -3.30. The molecule has 15 heavy (non-hydrogen) atoms. The molecule has 0 saturated heterocycles. The van der Waals surface area contributed by atoms with Crippen LogP contribution in [-0.4, -0.2) is 37.8 Å². The summed E-state index contributed by atoms with van der Waals surface area (Å²) < 4.78 is 28.5. The van der Waals surface area contributed by atoms with E-state index >= 15 is 0 Å². The Bertz CT molecular complexity index is 472. The second kappa shape index (κ2) is 3.65. The molecule has 6 nitrogen and oxygen atoms in total. The molecule has 0 saturated carbocycles. The lowest BCUT2D eigenvalue weighted by Crippen LogP contribution is -2.08. The molecule has 7 heteroatoms. The third kappa shape index (κ3) is 1.74. The van der Waals surface area contributed by atoms with Gasteiger partial charge in [-0.15, -0.1) is 0 Å². The number of aromatic nitrogens is 2. The van der Waals surface area contributed by atoms with Crippen LogP contribution in [0.25, 0.3) is 0 Å². The van der Waals surface area contributed by atoms with Gasteiger partial charge in [0.15, 0.2) is 14.9 Å². The second-order valence-electron chi connectivity index (χ2n) is 3.16. The number of ether oxygens (including phenoxy) is 1. The van der Waals surface area contributed by atoms with Crippen LogP contribution >= 0.6 is 0 Å². The summed E-state index contributed by atoms with van der Waals surface area (Å²) in [6.07, 6.45) is 1.75. The van der Waals surface area contributed by atoms with Crippen LogP contribution in [0.1, 0.15) is 6.42 Å². The van der Waals surface area contributed by atoms with Crippen LogP contribution in [0.3, 0.4) is 0 Å². The molecule has 0 atom stereocenters. The van der Waals surface area contributed by atoms with E-state index in [1.165, 1.54) is 13.4 Å². The minimum absolute atomic E-state index is 0.0341. The van der Waals surface area contributed by atoms with Crippen LogP contribution in [0, 0.1) is 0 Å². The Kier molecular flexibility index (Phi) is 2.47. The van der Waals surface area contributed by atoms with E-state index in [1.807, 2.05) is 0 Å². The Morgan fingerprint density at radius 2 is 2.27 bits per heavy atom. The first-order chi connectivity index (χ1) is 7.15. The molecule has 0 amide bonds. The average Bonchev–Trinajstić information content (AvgIpc) is 2.38. The van der Waals surface area contributed by atoms with Crippen molar-refractivity contribution in [3.05, 3.63) is 6.33 Å². The molecule has 82 valence electrons. The highest BCUT2D eigenvalue weighted by molar-refractivity contribution is 7.91. The zero-order valence-electron chi connectivity index (χ0n) is 8.23. The maximum atomic E-state index is 11.8. The van der Waals surface area contributed by atoms with Gasteiger partial charge in [0, 0.05) is 6.54 Å². The number of rotatable bonds is 1. The summed E-state index contributed by atoms with van der Waals surface area (Å²) in [6, 6.07) is 0. The van der Waals surface area contributed by atoms with Gasteiger partial charge in [-0.05, 0) is 6.42 Å². The number of nitrogens with one attached hydrogen (secondary N) is 1. The normalized spacial score (nSPS) is 18.5. The van der Waals surface area contributed by atoms with Crippen LogP contribution in [0.5, 0.6) is 5.88 Å². The summed E-state index contributed by atoms with van der Waals surface area (Å²) in [6.45, 7) is 0.579. The van der Waals surface area contributed by atoms with E-state index in [4.69, 9.17) is 4.74 Å². The van der Waals surface area contributed by atoms with Crippen molar-refractivity contribution in [2.24, 2.45) is 0 Å². The zero-order chi connectivity index (χ0) is 10.9. The van der Waals surface area contributed by atoms with E-state index in [-0.39, 0.29) is 16.7 Å². The smallest absolute Gasteiger partial charge is 0.241 e. The SMILES string of the molecule is COc1ncnc2c1NCCCS2(=O)=O. The molecule has 1 aromatic heterocycles. The minimum Gasteiger partial charge on any atom is -0.479 e. The van der Waals surface area contributed by atoms with Gasteiger partial charge in [0.25, 0.3) is 0 Å². The predicted molar refractivity (Wildman–Crippen MR) is 53.7 cm³/mol. The third-order valence-corrected chi connectivity index (χ3v) is 3.88. The summed E-state index contributed by atoms with van der Waals surface area (Å²) >= 11 is 0. The maximum Gasteiger partial charge on any atom is 0.241 e. The lowest BCUT2D eigenvalue weighted by Gasteiger charge is -2.09. The number of nitrogens with zero attached hydrogens (tertiary/aromatic N) is 2. The summed E-state index contributed by atoms with van der Waals surface area (Å²) in [5, 5.41) is 3.01. The van der Waals surface area contributed by atoms with Crippen LogP contribution in [0.2, 0.25) is 0 Å². The Morgan fingerprint density at radius 3 is 3.00 bits per heavy atom. The Labute approximate surface area is 87.6 Å². The first kappa shape index (κ1) is 10.2. The van der Waals surface area contributed by atoms with Gasteiger partial charge in [-0.1, -0.05) is 0 Å². The molecule has 0 bridgehead atoms. The van der Waals surface area contributed by atoms with E-state index in [0.717, 1.165) is 0 Å². The van der Waals surface area contributed by atoms with Gasteiger partial charge in [0.2, 0.25) is 5.88 Å². The van der Waals surface area contributed by atoms with Gasteiger partial charge in [-0.2, -0.15) is 4.98 Å². The van der Waals surface area contributed by atoms with Gasteiger partial charge in [0.05, 0.1) is 12.9 Å². The first-order valence-electron chi connectivity index (χ1n) is 4.51. The number of hydrogen-bond acceptors (Lipinski definition) is 6. The molecule has 0 aliphatic carbocycles. The molecule has 1 aliphatic heterocycles. The Hall–Kier alpha value is -1.37. The van der Waals surface area contributed by atoms with Crippen molar-refractivity contribution in [2.45, 2.75) is 11.4 Å². The van der Waals surface area contributed by atoms with Crippen molar-refractivity contribution >= 4 is 15.5 Å². The molecule has 0 spiro atoms. The van der Waals surface area contributed by atoms with Crippen LogP contribution < -0.4 is 10.1 Å². The van der Waals surface area contributed by atoms with Crippen LogP contribution in [0.15, 0.2) is 11.4 Å².